The number of alkyl halides is 3. The summed E-state index contributed by atoms with van der Waals surface area (Å²) >= 11 is 0. The number of H-pyrrole nitrogens is 1. The summed E-state index contributed by atoms with van der Waals surface area (Å²) in [6, 6.07) is 8.81. The zero-order valence-electron chi connectivity index (χ0n) is 20.6. The van der Waals surface area contributed by atoms with Gasteiger partial charge in [0.25, 0.3) is 0 Å². The van der Waals surface area contributed by atoms with Crippen molar-refractivity contribution in [2.75, 3.05) is 13.2 Å². The van der Waals surface area contributed by atoms with Gasteiger partial charge in [-0.3, -0.25) is 5.10 Å². The van der Waals surface area contributed by atoms with E-state index in [0.29, 0.717) is 41.5 Å². The van der Waals surface area contributed by atoms with Crippen molar-refractivity contribution in [2.24, 2.45) is 13.0 Å². The van der Waals surface area contributed by atoms with E-state index in [0.717, 1.165) is 42.3 Å². The Balaban J connectivity index is 1.44. The molecule has 1 saturated carbocycles. The highest BCUT2D eigenvalue weighted by Crippen LogP contribution is 2.39. The van der Waals surface area contributed by atoms with E-state index in [2.05, 4.69) is 30.7 Å². The van der Waals surface area contributed by atoms with Crippen LogP contribution in [0.3, 0.4) is 0 Å². The van der Waals surface area contributed by atoms with Gasteiger partial charge in [0.2, 0.25) is 0 Å². The number of fused-ring (bicyclic) bond motifs is 1. The number of aromatic amines is 1. The molecular formula is C26H28F3N7O. The molecule has 2 N–H and O–H groups in total. The van der Waals surface area contributed by atoms with E-state index >= 15 is 0 Å². The lowest BCUT2D eigenvalue weighted by Gasteiger charge is -2.33. The van der Waals surface area contributed by atoms with Crippen molar-refractivity contribution >= 4 is 10.9 Å². The van der Waals surface area contributed by atoms with Crippen LogP contribution in [0.2, 0.25) is 0 Å². The molecule has 1 saturated heterocycles. The molecule has 0 radical (unpaired) electrons. The van der Waals surface area contributed by atoms with E-state index in [-0.39, 0.29) is 17.9 Å². The van der Waals surface area contributed by atoms with Crippen molar-refractivity contribution in [1.29, 1.82) is 0 Å². The Bertz CT molecular complexity index is 1420. The van der Waals surface area contributed by atoms with Crippen LogP contribution in [0.4, 0.5) is 13.2 Å². The van der Waals surface area contributed by atoms with Crippen molar-refractivity contribution in [2.45, 2.75) is 50.4 Å². The molecule has 0 unspecified atom stereocenters. The third-order valence-electron chi connectivity index (χ3n) is 7.55. The number of benzene rings is 1. The van der Waals surface area contributed by atoms with Crippen molar-refractivity contribution in [3.05, 3.63) is 59.4 Å². The van der Waals surface area contributed by atoms with E-state index in [4.69, 9.17) is 4.74 Å². The van der Waals surface area contributed by atoms with Crippen molar-refractivity contribution in [3.8, 4) is 11.3 Å². The Kier molecular flexibility index (Phi) is 5.99. The molecule has 6 rings (SSSR count). The van der Waals surface area contributed by atoms with Crippen LogP contribution in [0, 0.1) is 5.92 Å². The summed E-state index contributed by atoms with van der Waals surface area (Å²) in [4.78, 5) is 4.03. The first kappa shape index (κ1) is 24.1. The lowest BCUT2D eigenvalue weighted by Crippen LogP contribution is -2.37. The van der Waals surface area contributed by atoms with Crippen LogP contribution in [0.5, 0.6) is 0 Å². The Morgan fingerprint density at radius 3 is 2.62 bits per heavy atom. The first-order valence-electron chi connectivity index (χ1n) is 12.5. The molecule has 2 atom stereocenters. The van der Waals surface area contributed by atoms with Gasteiger partial charge >= 0.3 is 6.18 Å². The van der Waals surface area contributed by atoms with E-state index < -0.39 is 11.9 Å². The van der Waals surface area contributed by atoms with Gasteiger partial charge < -0.3 is 14.6 Å². The lowest BCUT2D eigenvalue weighted by atomic mass is 9.83. The zero-order valence-corrected chi connectivity index (χ0v) is 20.6. The number of aryl methyl sites for hydroxylation is 1. The van der Waals surface area contributed by atoms with Crippen LogP contribution in [0.15, 0.2) is 36.7 Å². The number of nitrogens with one attached hydrogen (secondary N) is 2. The van der Waals surface area contributed by atoms with Gasteiger partial charge in [0.1, 0.15) is 23.5 Å². The molecule has 1 aliphatic heterocycles. The second-order valence-corrected chi connectivity index (χ2v) is 10.1. The van der Waals surface area contributed by atoms with Gasteiger partial charge in [0.15, 0.2) is 0 Å². The summed E-state index contributed by atoms with van der Waals surface area (Å²) in [5, 5.41) is 19.7. The lowest BCUT2D eigenvalue weighted by molar-refractivity contribution is -0.141. The second-order valence-electron chi connectivity index (χ2n) is 10.1. The molecule has 0 amide bonds. The minimum absolute atomic E-state index is 0.0546. The monoisotopic (exact) mass is 511 g/mol. The Morgan fingerprint density at radius 2 is 2.00 bits per heavy atom. The minimum Gasteiger partial charge on any atom is -0.381 e. The predicted octanol–water partition coefficient (Wildman–Crippen LogP) is 4.75. The second kappa shape index (κ2) is 9.21. The molecule has 0 spiro atoms. The smallest absolute Gasteiger partial charge is 0.381 e. The van der Waals surface area contributed by atoms with Gasteiger partial charge in [0.05, 0.1) is 30.3 Å². The fourth-order valence-electron chi connectivity index (χ4n) is 5.26. The summed E-state index contributed by atoms with van der Waals surface area (Å²) in [7, 11) is 1.90. The summed E-state index contributed by atoms with van der Waals surface area (Å²) in [5.74, 6) is 1.00. The molecule has 11 heteroatoms. The number of ether oxygens (including phenoxy) is 1. The highest BCUT2D eigenvalue weighted by atomic mass is 19.4. The van der Waals surface area contributed by atoms with Crippen LogP contribution in [0.1, 0.15) is 60.9 Å². The summed E-state index contributed by atoms with van der Waals surface area (Å²) in [6.07, 6.45) is 0.260. The van der Waals surface area contributed by atoms with E-state index in [1.165, 1.54) is 0 Å². The fourth-order valence-corrected chi connectivity index (χ4v) is 5.26. The number of nitrogens with zero attached hydrogens (tertiary/aromatic N) is 5. The zero-order chi connectivity index (χ0) is 25.7. The molecule has 37 heavy (non-hydrogen) atoms. The normalized spacial score (nSPS) is 18.5. The van der Waals surface area contributed by atoms with Crippen LogP contribution in [0.25, 0.3) is 22.2 Å². The largest absolute Gasteiger partial charge is 0.433 e. The van der Waals surface area contributed by atoms with E-state index in [1.807, 2.05) is 42.8 Å². The minimum atomic E-state index is -4.57. The Hall–Kier alpha value is -3.31. The van der Waals surface area contributed by atoms with Gasteiger partial charge in [-0.2, -0.15) is 18.3 Å². The van der Waals surface area contributed by atoms with E-state index in [9.17, 15) is 13.2 Å². The first-order chi connectivity index (χ1) is 17.8. The average molecular weight is 512 g/mol. The van der Waals surface area contributed by atoms with Crippen molar-refractivity contribution < 1.29 is 17.9 Å². The number of aromatic nitrogens is 6. The maximum atomic E-state index is 13.9. The van der Waals surface area contributed by atoms with Crippen molar-refractivity contribution in [1.82, 2.24) is 35.3 Å². The van der Waals surface area contributed by atoms with Gasteiger partial charge in [-0.25, -0.2) is 4.98 Å². The molecule has 0 bridgehead atoms. The van der Waals surface area contributed by atoms with Crippen LogP contribution in [-0.2, 0) is 18.0 Å². The standard InChI is InChI=1S/C26H28F3N7O/c1-14(31-18-7-4-8-18)22-24-19(10-20(32-22)26(27,28)29)23(33-34-24)16-6-3-5-15(9-16)21(17-11-37-12-17)25-35-30-13-36(25)2/h3,5-6,9-10,13-14,17-18,21,31H,4,7-8,11-12H2,1-2H3,(H,33,34)/t14-,21-/m0/s1. The Labute approximate surface area is 211 Å². The molecular weight excluding hydrogens is 483 g/mol. The van der Waals surface area contributed by atoms with Crippen LogP contribution < -0.4 is 5.32 Å². The van der Waals surface area contributed by atoms with Crippen molar-refractivity contribution in [3.63, 3.8) is 0 Å². The number of hydrogen-bond donors (Lipinski definition) is 2. The molecule has 194 valence electrons. The topological polar surface area (TPSA) is 93.5 Å². The fraction of sp³-hybridized carbons (Fsp3) is 0.462. The van der Waals surface area contributed by atoms with Gasteiger partial charge in [-0.05, 0) is 37.5 Å². The maximum Gasteiger partial charge on any atom is 0.433 e. The third kappa shape index (κ3) is 4.40. The molecule has 2 aliphatic rings. The van der Waals surface area contributed by atoms with Crippen LogP contribution in [-0.4, -0.2) is 49.2 Å². The van der Waals surface area contributed by atoms with E-state index in [1.54, 1.807) is 6.33 Å². The molecule has 4 aromatic rings. The quantitative estimate of drug-likeness (QED) is 0.372. The summed E-state index contributed by atoms with van der Waals surface area (Å²) in [6.45, 7) is 3.08. The number of pyridine rings is 1. The molecule has 1 aromatic carbocycles. The number of halogens is 3. The molecule has 2 fully saturated rings. The highest BCUT2D eigenvalue weighted by Gasteiger charge is 2.36. The predicted molar refractivity (Wildman–Crippen MR) is 131 cm³/mol. The Morgan fingerprint density at radius 1 is 1.19 bits per heavy atom. The first-order valence-corrected chi connectivity index (χ1v) is 12.5. The highest BCUT2D eigenvalue weighted by molar-refractivity contribution is 5.94. The summed E-state index contributed by atoms with van der Waals surface area (Å²) in [5.41, 5.74) is 2.10. The number of hydrogen-bond acceptors (Lipinski definition) is 6. The average Bonchev–Trinajstić information content (AvgIpc) is 3.43. The third-order valence-corrected chi connectivity index (χ3v) is 7.55. The van der Waals surface area contributed by atoms with Crippen LogP contribution >= 0.6 is 0 Å². The SMILES string of the molecule is C[C@H](NC1CCC1)c1nc(C(F)(F)F)cc2c(-c3cccc([C@H](c4nncn4C)C4COC4)c3)n[nH]c12. The molecule has 1 aliphatic carbocycles. The van der Waals surface area contributed by atoms with Gasteiger partial charge in [-0.15, -0.1) is 10.2 Å². The molecule has 8 nitrogen and oxygen atoms in total. The van der Waals surface area contributed by atoms with Gasteiger partial charge in [0, 0.05) is 36.0 Å². The molecule has 3 aromatic heterocycles. The summed E-state index contributed by atoms with van der Waals surface area (Å²) < 4.78 is 49.0. The molecule has 4 heterocycles. The number of rotatable bonds is 7. The maximum absolute atomic E-state index is 13.9. The van der Waals surface area contributed by atoms with Gasteiger partial charge in [-0.1, -0.05) is 24.6 Å².